The van der Waals surface area contributed by atoms with Crippen molar-refractivity contribution in [1.29, 1.82) is 0 Å². The summed E-state index contributed by atoms with van der Waals surface area (Å²) < 4.78 is 6.09. The van der Waals surface area contributed by atoms with Gasteiger partial charge >= 0.3 is 0 Å². The topological polar surface area (TPSA) is 67.2 Å². The van der Waals surface area contributed by atoms with E-state index in [2.05, 4.69) is 38.4 Å². The van der Waals surface area contributed by atoms with E-state index in [-0.39, 0.29) is 5.91 Å². The molecule has 1 atom stereocenters. The van der Waals surface area contributed by atoms with E-state index in [0.29, 0.717) is 11.6 Å². The molecule has 1 aromatic heterocycles. The van der Waals surface area contributed by atoms with Crippen LogP contribution >= 0.6 is 22.6 Å². The van der Waals surface area contributed by atoms with E-state index in [0.717, 1.165) is 14.8 Å². The predicted octanol–water partition coefficient (Wildman–Crippen LogP) is 4.38. The second-order valence-electron chi connectivity index (χ2n) is 5.31. The third-order valence-corrected chi connectivity index (χ3v) is 4.08. The summed E-state index contributed by atoms with van der Waals surface area (Å²) in [6.45, 7) is 1.78. The summed E-state index contributed by atoms with van der Waals surface area (Å²) in [7, 11) is 0. The van der Waals surface area contributed by atoms with E-state index < -0.39 is 6.04 Å². The first kappa shape index (κ1) is 16.5. The quantitative estimate of drug-likeness (QED) is 0.587. The maximum atomic E-state index is 12.8. The maximum absolute atomic E-state index is 12.8. The number of nitrogens with zero attached hydrogens (tertiary/aromatic N) is 1. The van der Waals surface area contributed by atoms with Crippen molar-refractivity contribution in [3.63, 3.8) is 0 Å². The van der Waals surface area contributed by atoms with Crippen LogP contribution in [0.15, 0.2) is 65.2 Å². The van der Waals surface area contributed by atoms with Gasteiger partial charge in [0.15, 0.2) is 5.82 Å². The zero-order valence-electron chi connectivity index (χ0n) is 13.0. The normalized spacial score (nSPS) is 11.8. The molecule has 0 unspecified atom stereocenters. The molecule has 2 N–H and O–H groups in total. The molecule has 1 heterocycles. The van der Waals surface area contributed by atoms with Crippen LogP contribution in [0.1, 0.15) is 17.4 Å². The lowest BCUT2D eigenvalue weighted by Gasteiger charge is -2.19. The molecule has 0 radical (unpaired) electrons. The minimum Gasteiger partial charge on any atom is -0.370 e. The predicted molar refractivity (Wildman–Crippen MR) is 102 cm³/mol. The number of hydrogen-bond acceptors (Lipinski definition) is 4. The van der Waals surface area contributed by atoms with Gasteiger partial charge in [-0.2, -0.15) is 0 Å². The molecule has 2 aromatic carbocycles. The van der Waals surface area contributed by atoms with Gasteiger partial charge in [0.2, 0.25) is 0 Å². The van der Waals surface area contributed by atoms with Crippen LogP contribution in [0.2, 0.25) is 0 Å². The van der Waals surface area contributed by atoms with Crippen molar-refractivity contribution in [3.05, 3.63) is 75.6 Å². The summed E-state index contributed by atoms with van der Waals surface area (Å²) in [5.74, 6) is 0.850. The molecule has 3 rings (SSSR count). The zero-order valence-corrected chi connectivity index (χ0v) is 15.2. The number of nitrogens with one attached hydrogen (secondary N) is 2. The number of amides is 1. The third kappa shape index (κ3) is 4.14. The Labute approximate surface area is 153 Å². The first-order valence-electron chi connectivity index (χ1n) is 7.43. The lowest BCUT2D eigenvalue weighted by molar-refractivity contribution is -0.117. The molecule has 6 heteroatoms. The number of anilines is 2. The highest BCUT2D eigenvalue weighted by atomic mass is 127. The van der Waals surface area contributed by atoms with E-state index in [4.69, 9.17) is 4.52 Å². The van der Waals surface area contributed by atoms with Crippen LogP contribution in [0.5, 0.6) is 0 Å². The Morgan fingerprint density at radius 3 is 2.58 bits per heavy atom. The van der Waals surface area contributed by atoms with Crippen LogP contribution in [0.3, 0.4) is 0 Å². The van der Waals surface area contributed by atoms with E-state index in [1.165, 1.54) is 0 Å². The van der Waals surface area contributed by atoms with Crippen LogP contribution in [0.4, 0.5) is 11.5 Å². The lowest BCUT2D eigenvalue weighted by atomic mass is 10.1. The fourth-order valence-electron chi connectivity index (χ4n) is 2.31. The molecule has 122 valence electrons. The number of aryl methyl sites for hydroxylation is 1. The Morgan fingerprint density at radius 1 is 1.12 bits per heavy atom. The van der Waals surface area contributed by atoms with Crippen LogP contribution in [-0.2, 0) is 4.79 Å². The average molecular weight is 433 g/mol. The van der Waals surface area contributed by atoms with E-state index in [1.807, 2.05) is 54.6 Å². The number of halogens is 1. The van der Waals surface area contributed by atoms with Gasteiger partial charge in [0.25, 0.3) is 5.91 Å². The number of hydrogen-bond donors (Lipinski definition) is 2. The van der Waals surface area contributed by atoms with Crippen LogP contribution < -0.4 is 10.6 Å². The van der Waals surface area contributed by atoms with Gasteiger partial charge in [0.1, 0.15) is 11.8 Å². The molecule has 0 spiro atoms. The van der Waals surface area contributed by atoms with Gasteiger partial charge < -0.3 is 15.2 Å². The number of rotatable bonds is 5. The molecule has 0 saturated heterocycles. The van der Waals surface area contributed by atoms with Gasteiger partial charge in [-0.15, -0.1) is 0 Å². The summed E-state index contributed by atoms with van der Waals surface area (Å²) in [4.78, 5) is 12.8. The SMILES string of the molecule is Cc1cc(NC(=O)[C@H](Nc2cccc(I)c2)c2ccccc2)no1. The molecule has 24 heavy (non-hydrogen) atoms. The van der Waals surface area contributed by atoms with Gasteiger partial charge in [0, 0.05) is 15.3 Å². The number of aromatic nitrogens is 1. The molecule has 0 aliphatic heterocycles. The van der Waals surface area contributed by atoms with Gasteiger partial charge in [-0.1, -0.05) is 41.6 Å². The molecular formula is C18H16IN3O2. The first-order chi connectivity index (χ1) is 11.6. The summed E-state index contributed by atoms with van der Waals surface area (Å²) in [5, 5.41) is 9.89. The summed E-state index contributed by atoms with van der Waals surface area (Å²) in [5.41, 5.74) is 1.75. The standard InChI is InChI=1S/C18H16IN3O2/c1-12-10-16(22-24-12)21-18(23)17(13-6-3-2-4-7-13)20-15-9-5-8-14(19)11-15/h2-11,17,20H,1H3,(H,21,22,23)/t17-/m1/s1. The van der Waals surface area contributed by atoms with Crippen molar-refractivity contribution in [2.24, 2.45) is 0 Å². The Bertz CT molecular complexity index is 833. The molecule has 0 saturated carbocycles. The van der Waals surface area contributed by atoms with Gasteiger partial charge in [-0.05, 0) is 53.3 Å². The van der Waals surface area contributed by atoms with Crippen molar-refractivity contribution >= 4 is 40.0 Å². The minimum absolute atomic E-state index is 0.201. The first-order valence-corrected chi connectivity index (χ1v) is 8.51. The highest BCUT2D eigenvalue weighted by Crippen LogP contribution is 2.22. The minimum atomic E-state index is -0.540. The smallest absolute Gasteiger partial charge is 0.252 e. The van der Waals surface area contributed by atoms with Crippen molar-refractivity contribution in [1.82, 2.24) is 5.16 Å². The molecule has 0 aliphatic carbocycles. The summed E-state index contributed by atoms with van der Waals surface area (Å²) >= 11 is 2.24. The van der Waals surface area contributed by atoms with Crippen molar-refractivity contribution < 1.29 is 9.32 Å². The van der Waals surface area contributed by atoms with Crippen LogP contribution in [0, 0.1) is 10.5 Å². The van der Waals surface area contributed by atoms with E-state index in [1.54, 1.807) is 13.0 Å². The highest BCUT2D eigenvalue weighted by Gasteiger charge is 2.21. The number of carbonyl (C=O) groups is 1. The van der Waals surface area contributed by atoms with Gasteiger partial charge in [-0.25, -0.2) is 0 Å². The van der Waals surface area contributed by atoms with E-state index in [9.17, 15) is 4.79 Å². The largest absolute Gasteiger partial charge is 0.370 e. The second-order valence-corrected chi connectivity index (χ2v) is 6.56. The Balaban J connectivity index is 1.85. The van der Waals surface area contributed by atoms with Crippen molar-refractivity contribution in [2.45, 2.75) is 13.0 Å². The Morgan fingerprint density at radius 2 is 1.92 bits per heavy atom. The van der Waals surface area contributed by atoms with Crippen molar-refractivity contribution in [3.8, 4) is 0 Å². The molecule has 3 aromatic rings. The zero-order chi connectivity index (χ0) is 16.9. The fraction of sp³-hybridized carbons (Fsp3) is 0.111. The average Bonchev–Trinajstić information content (AvgIpc) is 2.98. The molecule has 1 amide bonds. The Kier molecular flexibility index (Phi) is 5.14. The molecule has 0 aliphatic rings. The van der Waals surface area contributed by atoms with Gasteiger partial charge in [0.05, 0.1) is 0 Å². The number of benzene rings is 2. The maximum Gasteiger partial charge on any atom is 0.252 e. The van der Waals surface area contributed by atoms with E-state index >= 15 is 0 Å². The second kappa shape index (κ2) is 7.48. The molecular weight excluding hydrogens is 417 g/mol. The van der Waals surface area contributed by atoms with Crippen LogP contribution in [-0.4, -0.2) is 11.1 Å². The molecule has 0 fully saturated rings. The third-order valence-electron chi connectivity index (χ3n) is 3.41. The van der Waals surface area contributed by atoms with Crippen LogP contribution in [0.25, 0.3) is 0 Å². The van der Waals surface area contributed by atoms with Gasteiger partial charge in [-0.3, -0.25) is 4.79 Å². The monoisotopic (exact) mass is 433 g/mol. The Hall–Kier alpha value is -2.35. The lowest BCUT2D eigenvalue weighted by Crippen LogP contribution is -2.27. The highest BCUT2D eigenvalue weighted by molar-refractivity contribution is 14.1. The summed E-state index contributed by atoms with van der Waals surface area (Å²) in [6.07, 6.45) is 0. The molecule has 0 bridgehead atoms. The molecule has 5 nitrogen and oxygen atoms in total. The summed E-state index contributed by atoms with van der Waals surface area (Å²) in [6, 6.07) is 18.6. The number of carbonyl (C=O) groups excluding carboxylic acids is 1. The fourth-order valence-corrected chi connectivity index (χ4v) is 2.86. The van der Waals surface area contributed by atoms with Crippen molar-refractivity contribution in [2.75, 3.05) is 10.6 Å².